The van der Waals surface area contributed by atoms with Crippen LogP contribution in [-0.4, -0.2) is 30.0 Å². The van der Waals surface area contributed by atoms with E-state index < -0.39 is 0 Å². The third-order valence-corrected chi connectivity index (χ3v) is 3.27. The lowest BCUT2D eigenvalue weighted by molar-refractivity contribution is -0.141. The molecule has 0 aliphatic heterocycles. The van der Waals surface area contributed by atoms with Crippen LogP contribution in [0.4, 0.5) is 0 Å². The van der Waals surface area contributed by atoms with Gasteiger partial charge in [0.2, 0.25) is 6.10 Å². The first-order chi connectivity index (χ1) is 6.69. The summed E-state index contributed by atoms with van der Waals surface area (Å²) in [5.41, 5.74) is 0. The summed E-state index contributed by atoms with van der Waals surface area (Å²) in [6.07, 6.45) is 4.57. The van der Waals surface area contributed by atoms with Crippen molar-refractivity contribution in [3.05, 3.63) is 0 Å². The summed E-state index contributed by atoms with van der Waals surface area (Å²) in [5, 5.41) is 0. The molecular formula is C11H19O3+. The molecule has 1 rings (SSSR count). The molecule has 3 nitrogen and oxygen atoms in total. The molecule has 0 radical (unpaired) electrons. The summed E-state index contributed by atoms with van der Waals surface area (Å²) in [6.45, 7) is 1.66. The number of hydrogen-bond donors (Lipinski definition) is 0. The maximum absolute atomic E-state index is 11.1. The van der Waals surface area contributed by atoms with Gasteiger partial charge in [0, 0.05) is 11.8 Å². The van der Waals surface area contributed by atoms with Crippen LogP contribution in [0.2, 0.25) is 0 Å². The van der Waals surface area contributed by atoms with Crippen molar-refractivity contribution in [3.8, 4) is 0 Å². The highest BCUT2D eigenvalue weighted by atomic mass is 16.5. The van der Waals surface area contributed by atoms with E-state index in [0.717, 1.165) is 32.0 Å². The first kappa shape index (κ1) is 11.4. The van der Waals surface area contributed by atoms with Gasteiger partial charge in [-0.05, 0) is 32.6 Å². The molecule has 1 saturated carbocycles. The summed E-state index contributed by atoms with van der Waals surface area (Å²) in [4.78, 5) is 21.8. The molecule has 1 aliphatic carbocycles. The molecular weight excluding hydrogens is 180 g/mol. The van der Waals surface area contributed by atoms with E-state index in [4.69, 9.17) is 0 Å². The second kappa shape index (κ2) is 5.25. The average molecular weight is 199 g/mol. The third kappa shape index (κ3) is 2.64. The molecule has 1 fully saturated rings. The Balaban J connectivity index is 2.42. The van der Waals surface area contributed by atoms with E-state index in [0.29, 0.717) is 11.7 Å². The molecule has 1 aliphatic rings. The van der Waals surface area contributed by atoms with Gasteiger partial charge in [0.05, 0.1) is 0 Å². The van der Waals surface area contributed by atoms with E-state index >= 15 is 0 Å². The summed E-state index contributed by atoms with van der Waals surface area (Å²) in [5.74, 6) is 0.892. The first-order valence-electron chi connectivity index (χ1n) is 5.23. The molecule has 14 heavy (non-hydrogen) atoms. The molecule has 1 atom stereocenters. The molecule has 0 spiro atoms. The Morgan fingerprint density at radius 1 is 1.36 bits per heavy atom. The van der Waals surface area contributed by atoms with Crippen molar-refractivity contribution < 1.29 is 14.3 Å². The van der Waals surface area contributed by atoms with E-state index in [1.165, 1.54) is 0 Å². The Hall–Kier alpha value is -0.700. The Morgan fingerprint density at radius 2 is 1.93 bits per heavy atom. The highest BCUT2D eigenvalue weighted by Gasteiger charge is 2.31. The molecule has 0 heterocycles. The summed E-state index contributed by atoms with van der Waals surface area (Å²) in [7, 11) is 1.69. The second-order valence-electron chi connectivity index (χ2n) is 4.11. The smallest absolute Gasteiger partial charge is 0.214 e. The van der Waals surface area contributed by atoms with Gasteiger partial charge in [0.15, 0.2) is 6.29 Å². The van der Waals surface area contributed by atoms with Crippen molar-refractivity contribution in [1.82, 2.24) is 0 Å². The average Bonchev–Trinajstić information content (AvgIpc) is 2.20. The second-order valence-corrected chi connectivity index (χ2v) is 4.11. The molecule has 80 valence electrons. The number of carbonyl (C=O) groups is 2. The van der Waals surface area contributed by atoms with Crippen molar-refractivity contribution in [2.24, 2.45) is 11.8 Å². The maximum Gasteiger partial charge on any atom is 0.214 e. The molecule has 0 amide bonds. The van der Waals surface area contributed by atoms with Gasteiger partial charge < -0.3 is 4.74 Å². The fourth-order valence-corrected chi connectivity index (χ4v) is 2.25. The highest BCUT2D eigenvalue weighted by Crippen LogP contribution is 2.31. The lowest BCUT2D eigenvalue weighted by Crippen LogP contribution is -2.32. The number of carbonyl (C=O) groups excluding carboxylic acids is 2. The fraction of sp³-hybridized carbons (Fsp3) is 0.818. The molecule has 0 aromatic carbocycles. The van der Waals surface area contributed by atoms with Crippen molar-refractivity contribution >= 4 is 12.1 Å². The Morgan fingerprint density at radius 3 is 2.29 bits per heavy atom. The highest BCUT2D eigenvalue weighted by molar-refractivity contribution is 5.78. The van der Waals surface area contributed by atoms with Gasteiger partial charge in [0.25, 0.3) is 0 Å². The minimum atomic E-state index is -0.150. The largest absolute Gasteiger partial charge is 0.428 e. The van der Waals surface area contributed by atoms with Crippen molar-refractivity contribution in [1.29, 1.82) is 0 Å². The zero-order chi connectivity index (χ0) is 10.6. The summed E-state index contributed by atoms with van der Waals surface area (Å²) in [6, 6.07) is 0. The molecule has 0 bridgehead atoms. The first-order valence-corrected chi connectivity index (χ1v) is 5.23. The zero-order valence-electron chi connectivity index (χ0n) is 8.90. The van der Waals surface area contributed by atoms with E-state index in [1.807, 2.05) is 0 Å². The normalized spacial score (nSPS) is 29.6. The third-order valence-electron chi connectivity index (χ3n) is 3.27. The number of aliphatic hydroxyl groups is 2. The number of ketones is 1. The standard InChI is InChI=1S/C11H18O3/c1-8(13)9-3-5-10(6-4-9)11(7-12)14-2/h7,9-11H,3-6H2,1-2H3/p+1. The van der Waals surface area contributed by atoms with Crippen molar-refractivity contribution in [2.45, 2.75) is 38.7 Å². The Bertz CT molecular complexity index is 205. The van der Waals surface area contributed by atoms with Gasteiger partial charge in [-0.3, -0.25) is 9.59 Å². The van der Waals surface area contributed by atoms with E-state index in [2.05, 4.69) is 4.74 Å². The summed E-state index contributed by atoms with van der Waals surface area (Å²) < 4.78 is 4.05. The molecule has 1 unspecified atom stereocenters. The van der Waals surface area contributed by atoms with E-state index in [-0.39, 0.29) is 12.0 Å². The lowest BCUT2D eigenvalue weighted by Gasteiger charge is -2.27. The van der Waals surface area contributed by atoms with Crippen LogP contribution in [0.1, 0.15) is 32.6 Å². The van der Waals surface area contributed by atoms with Gasteiger partial charge in [-0.25, -0.2) is 0 Å². The number of aldehydes is 1. The van der Waals surface area contributed by atoms with E-state index in [1.54, 1.807) is 14.0 Å². The minimum absolute atomic E-state index is 0.150. The van der Waals surface area contributed by atoms with Crippen molar-refractivity contribution in [3.63, 3.8) is 0 Å². The van der Waals surface area contributed by atoms with Gasteiger partial charge in [-0.2, -0.15) is 0 Å². The number of rotatable bonds is 4. The number of Topliss-reactive ketones (excluding diaryl/α,β-unsaturated/α-hetero) is 1. The van der Waals surface area contributed by atoms with Gasteiger partial charge in [-0.15, -0.1) is 0 Å². The van der Waals surface area contributed by atoms with Gasteiger partial charge >= 0.3 is 0 Å². The Kier molecular flexibility index (Phi) is 4.26. The van der Waals surface area contributed by atoms with Crippen molar-refractivity contribution in [2.75, 3.05) is 7.11 Å². The predicted molar refractivity (Wildman–Crippen MR) is 54.1 cm³/mol. The molecule has 3 heteroatoms. The van der Waals surface area contributed by atoms with Crippen LogP contribution in [0.5, 0.6) is 0 Å². The molecule has 1 N–H and O–H groups in total. The van der Waals surface area contributed by atoms with Crippen LogP contribution >= 0.6 is 0 Å². The van der Waals surface area contributed by atoms with Crippen LogP contribution in [0.3, 0.4) is 0 Å². The lowest BCUT2D eigenvalue weighted by atomic mass is 9.78. The topological polar surface area (TPSA) is 46.9 Å². The van der Waals surface area contributed by atoms with Crippen LogP contribution in [0.15, 0.2) is 0 Å². The summed E-state index contributed by atoms with van der Waals surface area (Å²) >= 11 is 0. The van der Waals surface area contributed by atoms with Gasteiger partial charge in [-0.1, -0.05) is 0 Å². The monoisotopic (exact) mass is 199 g/mol. The van der Waals surface area contributed by atoms with Crippen LogP contribution in [-0.2, 0) is 9.59 Å². The van der Waals surface area contributed by atoms with Crippen LogP contribution in [0, 0.1) is 11.8 Å². The zero-order valence-corrected chi connectivity index (χ0v) is 8.90. The van der Waals surface area contributed by atoms with Crippen LogP contribution in [0.25, 0.3) is 0 Å². The van der Waals surface area contributed by atoms with Gasteiger partial charge in [0.1, 0.15) is 12.9 Å². The fourth-order valence-electron chi connectivity index (χ4n) is 2.25. The molecule has 0 saturated heterocycles. The predicted octanol–water partition coefficient (Wildman–Crippen LogP) is 1.11. The quantitative estimate of drug-likeness (QED) is 0.503. The number of hydrogen-bond acceptors (Lipinski definition) is 2. The Labute approximate surface area is 84.8 Å². The number of ether oxygens (including phenoxy) is 1. The van der Waals surface area contributed by atoms with E-state index in [9.17, 15) is 9.59 Å². The molecule has 0 aromatic heterocycles. The maximum atomic E-state index is 11.1. The SMILES string of the molecule is C[OH+]C(C=O)C1CCC(C(C)=O)CC1. The van der Waals surface area contributed by atoms with Crippen LogP contribution < -0.4 is 0 Å². The molecule has 0 aromatic rings. The minimum Gasteiger partial charge on any atom is -0.428 e.